The molecule has 1 saturated carbocycles. The van der Waals surface area contributed by atoms with Crippen LogP contribution in [0.2, 0.25) is 0 Å². The Kier molecular flexibility index (Phi) is 2.58. The number of hydrogen-bond donors (Lipinski definition) is 1. The van der Waals surface area contributed by atoms with Crippen LogP contribution < -0.4 is 4.90 Å². The highest BCUT2D eigenvalue weighted by Crippen LogP contribution is 2.47. The lowest BCUT2D eigenvalue weighted by Gasteiger charge is -2.50. The minimum atomic E-state index is -0.818. The van der Waals surface area contributed by atoms with Crippen molar-refractivity contribution in [3.8, 4) is 0 Å². The number of hydrogen-bond acceptors (Lipinski definition) is 2. The lowest BCUT2D eigenvalue weighted by atomic mass is 9.77. The van der Waals surface area contributed by atoms with E-state index in [9.17, 15) is 9.90 Å². The van der Waals surface area contributed by atoms with Crippen molar-refractivity contribution in [3.63, 3.8) is 0 Å². The molecule has 2 aliphatic rings. The SMILES string of the molecule is Cc1ccc(N2CC3(CCCC3)C2)c(C(=O)O)c1. The molecule has 0 aromatic heterocycles. The van der Waals surface area contributed by atoms with Crippen LogP contribution in [-0.4, -0.2) is 24.2 Å². The van der Waals surface area contributed by atoms with E-state index in [1.165, 1.54) is 25.7 Å². The van der Waals surface area contributed by atoms with Crippen molar-refractivity contribution in [2.24, 2.45) is 5.41 Å². The molecule has 1 saturated heterocycles. The van der Waals surface area contributed by atoms with Crippen LogP contribution in [0.25, 0.3) is 0 Å². The molecule has 3 heteroatoms. The van der Waals surface area contributed by atoms with Crippen molar-refractivity contribution in [1.29, 1.82) is 0 Å². The Morgan fingerprint density at radius 3 is 2.56 bits per heavy atom. The maximum atomic E-state index is 11.3. The standard InChI is InChI=1S/C15H19NO2/c1-11-4-5-13(12(8-11)14(17)18)16-9-15(10-16)6-2-3-7-15/h4-5,8H,2-3,6-7,9-10H2,1H3,(H,17,18). The number of carbonyl (C=O) groups is 1. The monoisotopic (exact) mass is 245 g/mol. The second-order valence-corrected chi connectivity index (χ2v) is 5.89. The van der Waals surface area contributed by atoms with E-state index in [1.54, 1.807) is 6.07 Å². The molecular formula is C15H19NO2. The third kappa shape index (κ3) is 1.78. The summed E-state index contributed by atoms with van der Waals surface area (Å²) in [6, 6.07) is 5.74. The van der Waals surface area contributed by atoms with Gasteiger partial charge < -0.3 is 10.0 Å². The lowest BCUT2D eigenvalue weighted by molar-refractivity contribution is 0.0696. The topological polar surface area (TPSA) is 40.5 Å². The summed E-state index contributed by atoms with van der Waals surface area (Å²) in [4.78, 5) is 13.5. The van der Waals surface area contributed by atoms with Crippen LogP contribution >= 0.6 is 0 Å². The average Bonchev–Trinajstić information content (AvgIpc) is 2.76. The van der Waals surface area contributed by atoms with Gasteiger partial charge in [0.15, 0.2) is 0 Å². The Labute approximate surface area is 107 Å². The zero-order chi connectivity index (χ0) is 12.8. The van der Waals surface area contributed by atoms with E-state index in [-0.39, 0.29) is 0 Å². The van der Waals surface area contributed by atoms with Gasteiger partial charge in [-0.15, -0.1) is 0 Å². The van der Waals surface area contributed by atoms with Gasteiger partial charge in [0, 0.05) is 18.5 Å². The summed E-state index contributed by atoms with van der Waals surface area (Å²) in [5, 5.41) is 9.29. The van der Waals surface area contributed by atoms with Crippen LogP contribution in [0.4, 0.5) is 5.69 Å². The molecular weight excluding hydrogens is 226 g/mol. The number of rotatable bonds is 2. The van der Waals surface area contributed by atoms with E-state index in [1.807, 2.05) is 19.1 Å². The molecule has 0 bridgehead atoms. The first kappa shape index (κ1) is 11.6. The highest BCUT2D eigenvalue weighted by atomic mass is 16.4. The zero-order valence-electron chi connectivity index (χ0n) is 10.8. The van der Waals surface area contributed by atoms with Gasteiger partial charge in [-0.25, -0.2) is 4.79 Å². The van der Waals surface area contributed by atoms with E-state index in [4.69, 9.17) is 0 Å². The van der Waals surface area contributed by atoms with Gasteiger partial charge in [0.2, 0.25) is 0 Å². The molecule has 1 aliphatic heterocycles. The average molecular weight is 245 g/mol. The van der Waals surface area contributed by atoms with Gasteiger partial charge in [0.25, 0.3) is 0 Å². The van der Waals surface area contributed by atoms with Crippen LogP contribution in [-0.2, 0) is 0 Å². The zero-order valence-corrected chi connectivity index (χ0v) is 10.8. The first-order chi connectivity index (χ1) is 8.60. The van der Waals surface area contributed by atoms with E-state index >= 15 is 0 Å². The predicted molar refractivity (Wildman–Crippen MR) is 71.3 cm³/mol. The summed E-state index contributed by atoms with van der Waals surface area (Å²) in [5.74, 6) is -0.818. The molecule has 2 fully saturated rings. The molecule has 0 atom stereocenters. The molecule has 1 heterocycles. The summed E-state index contributed by atoms with van der Waals surface area (Å²) < 4.78 is 0. The minimum Gasteiger partial charge on any atom is -0.478 e. The Hall–Kier alpha value is -1.51. The molecule has 0 unspecified atom stereocenters. The van der Waals surface area contributed by atoms with Gasteiger partial charge in [-0.05, 0) is 31.9 Å². The van der Waals surface area contributed by atoms with Crippen molar-refractivity contribution in [2.75, 3.05) is 18.0 Å². The van der Waals surface area contributed by atoms with Crippen LogP contribution in [0.1, 0.15) is 41.6 Å². The van der Waals surface area contributed by atoms with Crippen LogP contribution in [0, 0.1) is 12.3 Å². The molecule has 3 nitrogen and oxygen atoms in total. The van der Waals surface area contributed by atoms with Gasteiger partial charge in [-0.1, -0.05) is 24.5 Å². The van der Waals surface area contributed by atoms with Gasteiger partial charge in [-0.3, -0.25) is 0 Å². The van der Waals surface area contributed by atoms with Gasteiger partial charge in [-0.2, -0.15) is 0 Å². The first-order valence-corrected chi connectivity index (χ1v) is 6.69. The molecule has 1 aromatic carbocycles. The highest BCUT2D eigenvalue weighted by molar-refractivity contribution is 5.95. The second-order valence-electron chi connectivity index (χ2n) is 5.89. The highest BCUT2D eigenvalue weighted by Gasteiger charge is 2.45. The summed E-state index contributed by atoms with van der Waals surface area (Å²) in [5.41, 5.74) is 2.85. The molecule has 3 rings (SSSR count). The molecule has 96 valence electrons. The van der Waals surface area contributed by atoms with Crippen LogP contribution in [0.15, 0.2) is 18.2 Å². The van der Waals surface area contributed by atoms with Gasteiger partial charge in [0.05, 0.1) is 11.3 Å². The number of carboxylic acid groups (broad SMARTS) is 1. The maximum absolute atomic E-state index is 11.3. The van der Waals surface area contributed by atoms with Crippen molar-refractivity contribution >= 4 is 11.7 Å². The third-order valence-corrected chi connectivity index (χ3v) is 4.44. The van der Waals surface area contributed by atoms with Crippen molar-refractivity contribution in [2.45, 2.75) is 32.6 Å². The fourth-order valence-electron chi connectivity index (χ4n) is 3.47. The van der Waals surface area contributed by atoms with Crippen LogP contribution in [0.3, 0.4) is 0 Å². The molecule has 0 amide bonds. The van der Waals surface area contributed by atoms with E-state index in [0.29, 0.717) is 11.0 Å². The quantitative estimate of drug-likeness (QED) is 0.870. The Morgan fingerprint density at radius 2 is 1.94 bits per heavy atom. The summed E-state index contributed by atoms with van der Waals surface area (Å²) in [6.07, 6.45) is 5.32. The molecule has 1 N–H and O–H groups in total. The third-order valence-electron chi connectivity index (χ3n) is 4.44. The number of anilines is 1. The molecule has 1 spiro atoms. The predicted octanol–water partition coefficient (Wildman–Crippen LogP) is 3.07. The second kappa shape index (κ2) is 4.01. The fourth-order valence-corrected chi connectivity index (χ4v) is 3.47. The van der Waals surface area contributed by atoms with Crippen LogP contribution in [0.5, 0.6) is 0 Å². The van der Waals surface area contributed by atoms with Gasteiger partial charge in [0.1, 0.15) is 0 Å². The Bertz CT molecular complexity index is 481. The first-order valence-electron chi connectivity index (χ1n) is 6.69. The summed E-state index contributed by atoms with van der Waals surface area (Å²) >= 11 is 0. The van der Waals surface area contributed by atoms with E-state index in [0.717, 1.165) is 24.3 Å². The largest absolute Gasteiger partial charge is 0.478 e. The Morgan fingerprint density at radius 1 is 1.28 bits per heavy atom. The van der Waals surface area contributed by atoms with Gasteiger partial charge >= 0.3 is 5.97 Å². The summed E-state index contributed by atoms with van der Waals surface area (Å²) in [7, 11) is 0. The smallest absolute Gasteiger partial charge is 0.337 e. The Balaban J connectivity index is 1.83. The summed E-state index contributed by atoms with van der Waals surface area (Å²) in [6.45, 7) is 4.01. The molecule has 1 aromatic rings. The van der Waals surface area contributed by atoms with Crippen molar-refractivity contribution in [3.05, 3.63) is 29.3 Å². The lowest BCUT2D eigenvalue weighted by Crippen LogP contribution is -2.55. The van der Waals surface area contributed by atoms with E-state index < -0.39 is 5.97 Å². The van der Waals surface area contributed by atoms with E-state index in [2.05, 4.69) is 4.90 Å². The molecule has 1 aliphatic carbocycles. The maximum Gasteiger partial charge on any atom is 0.337 e. The normalized spacial score (nSPS) is 21.1. The van der Waals surface area contributed by atoms with Crippen molar-refractivity contribution in [1.82, 2.24) is 0 Å². The molecule has 0 radical (unpaired) electrons. The number of aromatic carboxylic acids is 1. The fraction of sp³-hybridized carbons (Fsp3) is 0.533. The number of benzene rings is 1. The number of nitrogens with zero attached hydrogens (tertiary/aromatic N) is 1. The number of carboxylic acids is 1. The van der Waals surface area contributed by atoms with Crippen molar-refractivity contribution < 1.29 is 9.90 Å². The molecule has 18 heavy (non-hydrogen) atoms. The number of aryl methyl sites for hydroxylation is 1. The minimum absolute atomic E-state index is 0.447.